The Bertz CT molecular complexity index is 610. The summed E-state index contributed by atoms with van der Waals surface area (Å²) in [5.74, 6) is -0.174. The van der Waals surface area contributed by atoms with Gasteiger partial charge in [0, 0.05) is 27.8 Å². The van der Waals surface area contributed by atoms with Crippen LogP contribution in [0.4, 0.5) is 0 Å². The predicted molar refractivity (Wildman–Crippen MR) is 79.8 cm³/mol. The number of thiophene rings is 1. The van der Waals surface area contributed by atoms with E-state index in [-0.39, 0.29) is 0 Å². The van der Waals surface area contributed by atoms with E-state index in [9.17, 15) is 4.79 Å². The third kappa shape index (κ3) is 4.38. The van der Waals surface area contributed by atoms with E-state index in [4.69, 9.17) is 16.7 Å². The van der Waals surface area contributed by atoms with E-state index < -0.39 is 5.97 Å². The molecule has 19 heavy (non-hydrogen) atoms. The summed E-state index contributed by atoms with van der Waals surface area (Å²) in [6, 6.07) is 7.49. The van der Waals surface area contributed by atoms with Gasteiger partial charge in [0.1, 0.15) is 5.03 Å². The summed E-state index contributed by atoms with van der Waals surface area (Å²) in [4.78, 5) is 16.7. The highest BCUT2D eigenvalue weighted by atomic mass is 35.5. The maximum Gasteiger partial charge on any atom is 0.328 e. The van der Waals surface area contributed by atoms with Crippen molar-refractivity contribution >= 4 is 46.7 Å². The summed E-state index contributed by atoms with van der Waals surface area (Å²) in [5, 5.41) is 10.0. The number of nitrogens with zero attached hydrogens (tertiary/aromatic N) is 1. The lowest BCUT2D eigenvalue weighted by molar-refractivity contribution is -0.131. The highest BCUT2D eigenvalue weighted by Gasteiger charge is 2.04. The van der Waals surface area contributed by atoms with Gasteiger partial charge >= 0.3 is 5.97 Å². The smallest absolute Gasteiger partial charge is 0.328 e. The Kier molecular flexibility index (Phi) is 5.01. The summed E-state index contributed by atoms with van der Waals surface area (Å²) in [6.45, 7) is 0. The Labute approximate surface area is 124 Å². The average Bonchev–Trinajstić information content (AvgIpc) is 2.83. The minimum atomic E-state index is -0.940. The number of carbonyl (C=O) groups is 1. The van der Waals surface area contributed by atoms with Crippen LogP contribution in [0, 0.1) is 0 Å². The van der Waals surface area contributed by atoms with Gasteiger partial charge in [-0.15, -0.1) is 11.3 Å². The molecule has 0 saturated heterocycles. The molecule has 3 nitrogen and oxygen atoms in total. The van der Waals surface area contributed by atoms with Crippen molar-refractivity contribution in [3.63, 3.8) is 0 Å². The fraction of sp³-hybridized carbons (Fsp3) is 0.0769. The van der Waals surface area contributed by atoms with Gasteiger partial charge in [0.15, 0.2) is 0 Å². The summed E-state index contributed by atoms with van der Waals surface area (Å²) in [5.41, 5.74) is 0. The van der Waals surface area contributed by atoms with Crippen LogP contribution in [-0.4, -0.2) is 16.1 Å². The van der Waals surface area contributed by atoms with E-state index in [2.05, 4.69) is 4.98 Å². The normalized spacial score (nSPS) is 11.0. The molecule has 0 atom stereocenters. The molecule has 0 aliphatic carbocycles. The minimum absolute atomic E-state index is 0.648. The zero-order valence-electron chi connectivity index (χ0n) is 9.75. The first-order valence-electron chi connectivity index (χ1n) is 5.38. The van der Waals surface area contributed by atoms with E-state index in [0.717, 1.165) is 26.6 Å². The lowest BCUT2D eigenvalue weighted by Crippen LogP contribution is -1.84. The Morgan fingerprint density at radius 3 is 3.05 bits per heavy atom. The van der Waals surface area contributed by atoms with Crippen molar-refractivity contribution in [2.75, 3.05) is 0 Å². The molecule has 0 saturated carbocycles. The number of carboxylic acids is 1. The monoisotopic (exact) mass is 311 g/mol. The van der Waals surface area contributed by atoms with Crippen molar-refractivity contribution in [3.8, 4) is 0 Å². The molecule has 0 fully saturated rings. The number of hydrogen-bond acceptors (Lipinski definition) is 4. The van der Waals surface area contributed by atoms with Gasteiger partial charge in [-0.1, -0.05) is 23.4 Å². The summed E-state index contributed by atoms with van der Waals surface area (Å²) < 4.78 is 0. The second kappa shape index (κ2) is 6.75. The molecule has 0 radical (unpaired) electrons. The Morgan fingerprint density at radius 2 is 2.32 bits per heavy atom. The van der Waals surface area contributed by atoms with Crippen molar-refractivity contribution in [2.45, 2.75) is 10.8 Å². The fourth-order valence-corrected chi connectivity index (χ4v) is 3.46. The highest BCUT2D eigenvalue weighted by molar-refractivity contribution is 7.98. The van der Waals surface area contributed by atoms with Gasteiger partial charge in [0.05, 0.1) is 5.02 Å². The molecule has 98 valence electrons. The van der Waals surface area contributed by atoms with Crippen LogP contribution in [0.5, 0.6) is 0 Å². The number of hydrogen-bond donors (Lipinski definition) is 1. The molecule has 0 bridgehead atoms. The number of halogens is 1. The molecule has 0 aliphatic rings. The highest BCUT2D eigenvalue weighted by Crippen LogP contribution is 2.30. The largest absolute Gasteiger partial charge is 0.478 e. The quantitative estimate of drug-likeness (QED) is 0.664. The molecule has 0 aromatic carbocycles. The van der Waals surface area contributed by atoms with Gasteiger partial charge in [-0.2, -0.15) is 0 Å². The zero-order valence-corrected chi connectivity index (χ0v) is 12.1. The molecule has 2 aromatic heterocycles. The van der Waals surface area contributed by atoms with Gasteiger partial charge in [0.2, 0.25) is 0 Å². The zero-order chi connectivity index (χ0) is 13.7. The van der Waals surface area contributed by atoms with Crippen molar-refractivity contribution in [2.24, 2.45) is 0 Å². The van der Waals surface area contributed by atoms with E-state index in [0.29, 0.717) is 5.02 Å². The number of thioether (sulfide) groups is 1. The third-order valence-electron chi connectivity index (χ3n) is 2.15. The Morgan fingerprint density at radius 1 is 1.47 bits per heavy atom. The molecule has 2 heterocycles. The number of pyridine rings is 1. The van der Waals surface area contributed by atoms with Crippen LogP contribution in [0.25, 0.3) is 6.08 Å². The van der Waals surface area contributed by atoms with Crippen LogP contribution in [0.3, 0.4) is 0 Å². The van der Waals surface area contributed by atoms with Crippen LogP contribution in [0.15, 0.2) is 41.6 Å². The van der Waals surface area contributed by atoms with E-state index in [1.165, 1.54) is 0 Å². The van der Waals surface area contributed by atoms with Gasteiger partial charge < -0.3 is 5.11 Å². The second-order valence-electron chi connectivity index (χ2n) is 3.55. The summed E-state index contributed by atoms with van der Waals surface area (Å²) in [6.07, 6.45) is 4.44. The molecule has 1 N–H and O–H groups in total. The van der Waals surface area contributed by atoms with Crippen LogP contribution < -0.4 is 0 Å². The van der Waals surface area contributed by atoms with E-state index in [1.807, 2.05) is 18.2 Å². The van der Waals surface area contributed by atoms with Crippen LogP contribution in [0.2, 0.25) is 5.02 Å². The molecule has 0 amide bonds. The predicted octanol–water partition coefficient (Wildman–Crippen LogP) is 4.19. The second-order valence-corrected chi connectivity index (χ2v) is 6.13. The Balaban J connectivity index is 1.97. The van der Waals surface area contributed by atoms with E-state index >= 15 is 0 Å². The van der Waals surface area contributed by atoms with E-state index in [1.54, 1.807) is 41.4 Å². The molecule has 0 aliphatic heterocycles. The first-order chi connectivity index (χ1) is 9.15. The molecule has 0 unspecified atom stereocenters. The van der Waals surface area contributed by atoms with Gasteiger partial charge in [-0.05, 0) is 30.3 Å². The summed E-state index contributed by atoms with van der Waals surface area (Å²) >= 11 is 9.15. The maximum absolute atomic E-state index is 10.4. The SMILES string of the molecule is O=C(O)C=Cc1ccc(CSc2ncccc2Cl)s1. The Hall–Kier alpha value is -1.30. The number of rotatable bonds is 5. The first-order valence-corrected chi connectivity index (χ1v) is 7.56. The first kappa shape index (κ1) is 14.1. The topological polar surface area (TPSA) is 50.2 Å². The molecule has 2 rings (SSSR count). The number of carboxylic acid groups (broad SMARTS) is 1. The van der Waals surface area contributed by atoms with Gasteiger partial charge in [-0.25, -0.2) is 9.78 Å². The van der Waals surface area contributed by atoms with Crippen molar-refractivity contribution < 1.29 is 9.90 Å². The molecule has 2 aromatic rings. The van der Waals surface area contributed by atoms with Crippen molar-refractivity contribution in [1.29, 1.82) is 0 Å². The molecule has 0 spiro atoms. The molecule has 6 heteroatoms. The lowest BCUT2D eigenvalue weighted by atomic mass is 10.4. The average molecular weight is 312 g/mol. The lowest BCUT2D eigenvalue weighted by Gasteiger charge is -2.00. The van der Waals surface area contributed by atoms with Gasteiger partial charge in [-0.3, -0.25) is 0 Å². The standard InChI is InChI=1S/C13H10ClNO2S2/c14-11-2-1-7-15-13(11)18-8-10-4-3-9(19-10)5-6-12(16)17/h1-7H,8H2,(H,16,17). The minimum Gasteiger partial charge on any atom is -0.478 e. The third-order valence-corrected chi connectivity index (χ3v) is 4.85. The van der Waals surface area contributed by atoms with Crippen LogP contribution in [0.1, 0.15) is 9.75 Å². The van der Waals surface area contributed by atoms with Crippen LogP contribution in [-0.2, 0) is 10.5 Å². The molecular formula is C13H10ClNO2S2. The fourth-order valence-electron chi connectivity index (χ4n) is 1.33. The number of aromatic nitrogens is 1. The van der Waals surface area contributed by atoms with Crippen LogP contribution >= 0.6 is 34.7 Å². The molecular weight excluding hydrogens is 302 g/mol. The number of aliphatic carboxylic acids is 1. The van der Waals surface area contributed by atoms with Crippen molar-refractivity contribution in [3.05, 3.63) is 51.3 Å². The van der Waals surface area contributed by atoms with Gasteiger partial charge in [0.25, 0.3) is 0 Å². The summed E-state index contributed by atoms with van der Waals surface area (Å²) in [7, 11) is 0. The maximum atomic E-state index is 10.4. The van der Waals surface area contributed by atoms with Crippen molar-refractivity contribution in [1.82, 2.24) is 4.98 Å².